The van der Waals surface area contributed by atoms with Crippen LogP contribution in [0.5, 0.6) is 0 Å². The average molecular weight is 417 g/mol. The number of hydrogen-bond acceptors (Lipinski definition) is 2. The fraction of sp³-hybridized carbons (Fsp3) is 0.318. The number of benzene rings is 2. The Morgan fingerprint density at radius 3 is 2.18 bits per heavy atom. The first-order chi connectivity index (χ1) is 12.9. The van der Waals surface area contributed by atoms with Crippen molar-refractivity contribution < 1.29 is 0 Å². The van der Waals surface area contributed by atoms with Crippen LogP contribution < -0.4 is 0 Å². The first-order valence-corrected chi connectivity index (χ1v) is 9.64. The fourth-order valence-electron chi connectivity index (χ4n) is 4.13. The molecule has 28 heavy (non-hydrogen) atoms. The minimum absolute atomic E-state index is 0. The van der Waals surface area contributed by atoms with E-state index in [0.29, 0.717) is 0 Å². The van der Waals surface area contributed by atoms with E-state index in [-0.39, 0.29) is 24.8 Å². The maximum atomic E-state index is 4.99. The molecule has 1 saturated heterocycles. The second-order valence-electron chi connectivity index (χ2n) is 7.20. The van der Waals surface area contributed by atoms with Crippen molar-refractivity contribution in [1.29, 1.82) is 0 Å². The Bertz CT molecular complexity index is 1030. The van der Waals surface area contributed by atoms with Crippen molar-refractivity contribution in [1.82, 2.24) is 18.9 Å². The number of likely N-dealkylation sites (tertiary alicyclic amines) is 1. The van der Waals surface area contributed by atoms with E-state index in [4.69, 9.17) is 4.98 Å². The van der Waals surface area contributed by atoms with Crippen LogP contribution in [-0.2, 0) is 6.54 Å². The summed E-state index contributed by atoms with van der Waals surface area (Å²) in [5, 5.41) is 0. The molecule has 0 bridgehead atoms. The molecule has 0 radical (unpaired) electrons. The normalized spacial score (nSPS) is 14.7. The minimum atomic E-state index is 0. The van der Waals surface area contributed by atoms with Crippen LogP contribution in [0.4, 0.5) is 0 Å². The molecular formula is C22H26Cl2N4. The third-order valence-electron chi connectivity index (χ3n) is 5.52. The van der Waals surface area contributed by atoms with Gasteiger partial charge in [0, 0.05) is 24.8 Å². The number of nitrogens with zero attached hydrogens (tertiary/aromatic N) is 4. The summed E-state index contributed by atoms with van der Waals surface area (Å²) >= 11 is 0. The van der Waals surface area contributed by atoms with Gasteiger partial charge in [0.2, 0.25) is 5.78 Å². The van der Waals surface area contributed by atoms with Crippen LogP contribution in [-0.4, -0.2) is 38.5 Å². The maximum Gasteiger partial charge on any atom is 0.215 e. The third-order valence-corrected chi connectivity index (χ3v) is 5.52. The highest BCUT2D eigenvalue weighted by atomic mass is 35.5. The molecule has 0 saturated carbocycles. The van der Waals surface area contributed by atoms with Crippen molar-refractivity contribution in [3.8, 4) is 11.3 Å². The van der Waals surface area contributed by atoms with Gasteiger partial charge >= 0.3 is 0 Å². The molecule has 2 aromatic carbocycles. The highest BCUT2D eigenvalue weighted by Crippen LogP contribution is 2.25. The molecule has 0 spiro atoms. The van der Waals surface area contributed by atoms with Gasteiger partial charge in [-0.15, -0.1) is 24.8 Å². The number of aromatic nitrogens is 3. The SMILES string of the molecule is Cl.Cl.c1ccc(-c2cn3c4ccccc4n(CCN4CCCCC4)c3n2)cc1. The smallest absolute Gasteiger partial charge is 0.215 e. The second kappa shape index (κ2) is 8.99. The fourth-order valence-corrected chi connectivity index (χ4v) is 4.13. The predicted octanol–water partition coefficient (Wildman–Crippen LogP) is 5.29. The maximum absolute atomic E-state index is 4.99. The topological polar surface area (TPSA) is 25.5 Å². The number of rotatable bonds is 4. The molecule has 3 heterocycles. The standard InChI is InChI=1S/C22H24N4.2ClH/c1-3-9-18(10-4-1)19-17-26-21-12-6-5-11-20(21)25(22(26)23-19)16-15-24-13-7-2-8-14-24;;/h1,3-6,9-12,17H,2,7-8,13-16H2;2*1H. The number of hydrogen-bond donors (Lipinski definition) is 0. The zero-order valence-corrected chi connectivity index (χ0v) is 17.5. The number of para-hydroxylation sites is 2. The van der Waals surface area contributed by atoms with Gasteiger partial charge in [0.15, 0.2) is 0 Å². The number of imidazole rings is 2. The lowest BCUT2D eigenvalue weighted by Gasteiger charge is -2.26. The zero-order chi connectivity index (χ0) is 17.3. The van der Waals surface area contributed by atoms with Gasteiger partial charge < -0.3 is 9.47 Å². The van der Waals surface area contributed by atoms with Gasteiger partial charge in [0.1, 0.15) is 0 Å². The molecule has 1 aliphatic heterocycles. The van der Waals surface area contributed by atoms with Gasteiger partial charge in [-0.3, -0.25) is 4.40 Å². The molecule has 0 unspecified atom stereocenters. The first kappa shape index (κ1) is 20.7. The number of fused-ring (bicyclic) bond motifs is 3. The van der Waals surface area contributed by atoms with Gasteiger partial charge in [-0.25, -0.2) is 4.98 Å². The second-order valence-corrected chi connectivity index (χ2v) is 7.20. The molecule has 6 heteroatoms. The summed E-state index contributed by atoms with van der Waals surface area (Å²) < 4.78 is 4.63. The predicted molar refractivity (Wildman–Crippen MR) is 121 cm³/mol. The van der Waals surface area contributed by atoms with Crippen molar-refractivity contribution in [2.24, 2.45) is 0 Å². The first-order valence-electron chi connectivity index (χ1n) is 9.64. The molecule has 4 nitrogen and oxygen atoms in total. The lowest BCUT2D eigenvalue weighted by atomic mass is 10.1. The summed E-state index contributed by atoms with van der Waals surface area (Å²) in [5.41, 5.74) is 4.71. The van der Waals surface area contributed by atoms with E-state index in [1.807, 2.05) is 6.07 Å². The van der Waals surface area contributed by atoms with Crippen molar-refractivity contribution in [3.63, 3.8) is 0 Å². The Labute approximate surface area is 178 Å². The van der Waals surface area contributed by atoms with E-state index < -0.39 is 0 Å². The van der Waals surface area contributed by atoms with E-state index in [9.17, 15) is 0 Å². The third kappa shape index (κ3) is 3.77. The van der Waals surface area contributed by atoms with E-state index in [2.05, 4.69) is 68.6 Å². The summed E-state index contributed by atoms with van der Waals surface area (Å²) in [6, 6.07) is 19.1. The molecule has 5 rings (SSSR count). The molecule has 0 N–H and O–H groups in total. The van der Waals surface area contributed by atoms with E-state index in [0.717, 1.165) is 24.6 Å². The molecule has 2 aromatic heterocycles. The summed E-state index contributed by atoms with van der Waals surface area (Å²) in [6.45, 7) is 4.56. The summed E-state index contributed by atoms with van der Waals surface area (Å²) in [4.78, 5) is 7.58. The highest BCUT2D eigenvalue weighted by molar-refractivity contribution is 5.85. The Hall–Kier alpha value is -2.01. The summed E-state index contributed by atoms with van der Waals surface area (Å²) in [5.74, 6) is 1.04. The quantitative estimate of drug-likeness (QED) is 0.451. The lowest BCUT2D eigenvalue weighted by Crippen LogP contribution is -2.32. The number of piperidine rings is 1. The molecule has 0 aliphatic carbocycles. The van der Waals surface area contributed by atoms with Crippen LogP contribution >= 0.6 is 24.8 Å². The zero-order valence-electron chi connectivity index (χ0n) is 15.8. The van der Waals surface area contributed by atoms with Crippen LogP contribution in [0.25, 0.3) is 28.1 Å². The molecule has 4 aromatic rings. The monoisotopic (exact) mass is 416 g/mol. The summed E-state index contributed by atoms with van der Waals surface area (Å²) in [7, 11) is 0. The molecule has 0 atom stereocenters. The molecule has 148 valence electrons. The Balaban J connectivity index is 0.00000112. The van der Waals surface area contributed by atoms with Crippen LogP contribution in [0.1, 0.15) is 19.3 Å². The van der Waals surface area contributed by atoms with Gasteiger partial charge in [0.25, 0.3) is 0 Å². The van der Waals surface area contributed by atoms with Gasteiger partial charge in [-0.05, 0) is 38.1 Å². The van der Waals surface area contributed by atoms with Crippen molar-refractivity contribution >= 4 is 41.6 Å². The lowest BCUT2D eigenvalue weighted by molar-refractivity contribution is 0.222. The van der Waals surface area contributed by atoms with Gasteiger partial charge in [-0.2, -0.15) is 0 Å². The molecule has 1 aliphatic rings. The van der Waals surface area contributed by atoms with Gasteiger partial charge in [-0.1, -0.05) is 48.9 Å². The van der Waals surface area contributed by atoms with Crippen LogP contribution in [0.15, 0.2) is 60.8 Å². The van der Waals surface area contributed by atoms with Crippen molar-refractivity contribution in [3.05, 3.63) is 60.8 Å². The molecular weight excluding hydrogens is 391 g/mol. The Morgan fingerprint density at radius 1 is 0.750 bits per heavy atom. The highest BCUT2D eigenvalue weighted by Gasteiger charge is 2.16. The van der Waals surface area contributed by atoms with Crippen LogP contribution in [0.3, 0.4) is 0 Å². The van der Waals surface area contributed by atoms with E-state index in [1.54, 1.807) is 0 Å². The largest absolute Gasteiger partial charge is 0.308 e. The molecule has 0 amide bonds. The Morgan fingerprint density at radius 2 is 1.43 bits per heavy atom. The molecule has 1 fully saturated rings. The average Bonchev–Trinajstić information content (AvgIpc) is 3.26. The van der Waals surface area contributed by atoms with Crippen LogP contribution in [0.2, 0.25) is 0 Å². The van der Waals surface area contributed by atoms with Crippen LogP contribution in [0, 0.1) is 0 Å². The number of halogens is 2. The van der Waals surface area contributed by atoms with E-state index >= 15 is 0 Å². The van der Waals surface area contributed by atoms with E-state index in [1.165, 1.54) is 48.9 Å². The Kier molecular flexibility index (Phi) is 6.65. The van der Waals surface area contributed by atoms with Crippen molar-refractivity contribution in [2.45, 2.75) is 25.8 Å². The summed E-state index contributed by atoms with van der Waals surface area (Å²) in [6.07, 6.45) is 6.23. The minimum Gasteiger partial charge on any atom is -0.308 e. The van der Waals surface area contributed by atoms with Gasteiger partial charge in [0.05, 0.1) is 16.7 Å². The van der Waals surface area contributed by atoms with Crippen molar-refractivity contribution in [2.75, 3.05) is 19.6 Å².